The Balaban J connectivity index is 2.42. The highest BCUT2D eigenvalue weighted by Gasteiger charge is 2.26. The fraction of sp³-hybridized carbons (Fsp3) is 0.867. The van der Waals surface area contributed by atoms with Gasteiger partial charge in [-0.2, -0.15) is 0 Å². The molecule has 0 spiro atoms. The van der Waals surface area contributed by atoms with E-state index in [1.807, 2.05) is 27.7 Å². The molecule has 0 aromatic carbocycles. The lowest BCUT2D eigenvalue weighted by atomic mass is 10.0. The fourth-order valence-electron chi connectivity index (χ4n) is 2.48. The van der Waals surface area contributed by atoms with Crippen molar-refractivity contribution < 1.29 is 19.1 Å². The lowest BCUT2D eigenvalue weighted by Gasteiger charge is -2.34. The van der Waals surface area contributed by atoms with Gasteiger partial charge in [0.05, 0.1) is 13.0 Å². The third-order valence-electron chi connectivity index (χ3n) is 3.36. The first-order chi connectivity index (χ1) is 9.71. The highest BCUT2D eigenvalue weighted by atomic mass is 16.6. The van der Waals surface area contributed by atoms with Crippen LogP contribution in [0.3, 0.4) is 0 Å². The lowest BCUT2D eigenvalue weighted by molar-refractivity contribution is -0.145. The maximum atomic E-state index is 11.8. The lowest BCUT2D eigenvalue weighted by Crippen LogP contribution is -2.50. The van der Waals surface area contributed by atoms with Gasteiger partial charge < -0.3 is 19.7 Å². The molecule has 0 bridgehead atoms. The zero-order chi connectivity index (χ0) is 16.0. The first-order valence-corrected chi connectivity index (χ1v) is 7.51. The molecule has 1 aliphatic heterocycles. The van der Waals surface area contributed by atoms with Gasteiger partial charge in [-0.3, -0.25) is 4.79 Å². The Kier molecular flexibility index (Phi) is 6.45. The molecule has 1 aliphatic rings. The van der Waals surface area contributed by atoms with Gasteiger partial charge in [0.2, 0.25) is 0 Å². The van der Waals surface area contributed by atoms with Gasteiger partial charge in [-0.1, -0.05) is 6.92 Å². The van der Waals surface area contributed by atoms with Crippen LogP contribution in [-0.4, -0.2) is 55.3 Å². The molecule has 0 saturated carbocycles. The number of carbonyl (C=O) groups excluding carboxylic acids is 2. The molecular formula is C15H28N2O4. The van der Waals surface area contributed by atoms with Crippen molar-refractivity contribution in [1.29, 1.82) is 0 Å². The summed E-state index contributed by atoms with van der Waals surface area (Å²) in [7, 11) is 1.40. The number of rotatable bonds is 4. The van der Waals surface area contributed by atoms with Crippen molar-refractivity contribution in [3.8, 4) is 0 Å². The van der Waals surface area contributed by atoms with E-state index in [2.05, 4.69) is 10.2 Å². The van der Waals surface area contributed by atoms with Gasteiger partial charge in [-0.25, -0.2) is 4.79 Å². The predicted octanol–water partition coefficient (Wildman–Crippen LogP) is 1.78. The Labute approximate surface area is 127 Å². The number of alkyl carbamates (subject to hydrolysis) is 1. The summed E-state index contributed by atoms with van der Waals surface area (Å²) in [6.45, 7) is 9.72. The van der Waals surface area contributed by atoms with E-state index >= 15 is 0 Å². The largest absolute Gasteiger partial charge is 0.469 e. The first-order valence-electron chi connectivity index (χ1n) is 7.51. The number of likely N-dealkylation sites (tertiary alicyclic amines) is 1. The van der Waals surface area contributed by atoms with Crippen molar-refractivity contribution in [2.24, 2.45) is 5.92 Å². The van der Waals surface area contributed by atoms with Gasteiger partial charge in [0, 0.05) is 19.1 Å². The normalized spacial score (nSPS) is 21.5. The Morgan fingerprint density at radius 3 is 2.62 bits per heavy atom. The van der Waals surface area contributed by atoms with E-state index in [-0.39, 0.29) is 24.0 Å². The highest BCUT2D eigenvalue weighted by molar-refractivity contribution is 5.72. The Bertz CT molecular complexity index is 365. The molecule has 0 unspecified atom stereocenters. The van der Waals surface area contributed by atoms with Crippen molar-refractivity contribution in [2.45, 2.75) is 52.2 Å². The number of piperidine rings is 1. The molecule has 1 saturated heterocycles. The Morgan fingerprint density at radius 2 is 2.05 bits per heavy atom. The standard InChI is InChI=1S/C15H28N2O4/c1-11(13(18)20-5)9-17-8-6-7-12(10-17)16-14(19)21-15(2,3)4/h11-12H,6-10H2,1-5H3,(H,16,19)/t11-,12-/m1/s1. The third kappa shape index (κ3) is 6.80. The second kappa shape index (κ2) is 7.64. The van der Waals surface area contributed by atoms with Gasteiger partial charge in [0.15, 0.2) is 0 Å². The second-order valence-electron chi connectivity index (χ2n) is 6.67. The van der Waals surface area contributed by atoms with Gasteiger partial charge in [0.25, 0.3) is 0 Å². The maximum absolute atomic E-state index is 11.8. The van der Waals surface area contributed by atoms with Crippen LogP contribution < -0.4 is 5.32 Å². The summed E-state index contributed by atoms with van der Waals surface area (Å²) in [6, 6.07) is 0.0680. The van der Waals surface area contributed by atoms with E-state index in [1.165, 1.54) is 7.11 Å². The number of amides is 1. The minimum atomic E-state index is -0.488. The second-order valence-corrected chi connectivity index (χ2v) is 6.67. The predicted molar refractivity (Wildman–Crippen MR) is 80.0 cm³/mol. The molecule has 1 heterocycles. The van der Waals surface area contributed by atoms with Crippen molar-refractivity contribution in [3.05, 3.63) is 0 Å². The number of nitrogens with zero attached hydrogens (tertiary/aromatic N) is 1. The summed E-state index contributed by atoms with van der Waals surface area (Å²) < 4.78 is 10.0. The van der Waals surface area contributed by atoms with Gasteiger partial charge >= 0.3 is 12.1 Å². The highest BCUT2D eigenvalue weighted by Crippen LogP contribution is 2.14. The van der Waals surface area contributed by atoms with Crippen molar-refractivity contribution in [1.82, 2.24) is 10.2 Å². The molecule has 0 radical (unpaired) electrons. The minimum Gasteiger partial charge on any atom is -0.469 e. The molecule has 6 nitrogen and oxygen atoms in total. The Hall–Kier alpha value is -1.30. The van der Waals surface area contributed by atoms with E-state index in [1.54, 1.807) is 0 Å². The van der Waals surface area contributed by atoms with Crippen LogP contribution in [0.4, 0.5) is 4.79 Å². The van der Waals surface area contributed by atoms with Crippen LogP contribution >= 0.6 is 0 Å². The molecule has 1 N–H and O–H groups in total. The van der Waals surface area contributed by atoms with Crippen LogP contribution in [0, 0.1) is 5.92 Å². The summed E-state index contributed by atoms with van der Waals surface area (Å²) in [4.78, 5) is 25.4. The maximum Gasteiger partial charge on any atom is 0.407 e. The zero-order valence-corrected chi connectivity index (χ0v) is 13.8. The topological polar surface area (TPSA) is 67.9 Å². The van der Waals surface area contributed by atoms with Crippen molar-refractivity contribution in [2.75, 3.05) is 26.7 Å². The third-order valence-corrected chi connectivity index (χ3v) is 3.36. The van der Waals surface area contributed by atoms with E-state index in [0.717, 1.165) is 25.9 Å². The molecule has 6 heteroatoms. The van der Waals surface area contributed by atoms with E-state index < -0.39 is 5.60 Å². The molecule has 1 rings (SSSR count). The fourth-order valence-corrected chi connectivity index (χ4v) is 2.48. The molecule has 0 aliphatic carbocycles. The summed E-state index contributed by atoms with van der Waals surface area (Å²) in [5, 5.41) is 2.90. The van der Waals surface area contributed by atoms with Crippen molar-refractivity contribution in [3.63, 3.8) is 0 Å². The van der Waals surface area contributed by atoms with E-state index in [9.17, 15) is 9.59 Å². The van der Waals surface area contributed by atoms with Gasteiger partial charge in [-0.05, 0) is 40.2 Å². The summed E-state index contributed by atoms with van der Waals surface area (Å²) >= 11 is 0. The average Bonchev–Trinajstić information content (AvgIpc) is 2.35. The van der Waals surface area contributed by atoms with Crippen LogP contribution in [0.25, 0.3) is 0 Å². The van der Waals surface area contributed by atoms with Crippen LogP contribution in [0.2, 0.25) is 0 Å². The molecular weight excluding hydrogens is 272 g/mol. The molecule has 1 fully saturated rings. The van der Waals surface area contributed by atoms with Gasteiger partial charge in [-0.15, -0.1) is 0 Å². The SMILES string of the molecule is COC(=O)[C@H](C)CN1CCC[C@@H](NC(=O)OC(C)(C)C)C1. The molecule has 0 aromatic rings. The summed E-state index contributed by atoms with van der Waals surface area (Å²) in [5.41, 5.74) is -0.488. The number of carbonyl (C=O) groups is 2. The molecule has 2 atom stereocenters. The number of hydrogen-bond acceptors (Lipinski definition) is 5. The zero-order valence-electron chi connectivity index (χ0n) is 13.8. The van der Waals surface area contributed by atoms with Crippen molar-refractivity contribution >= 4 is 12.1 Å². The van der Waals surface area contributed by atoms with E-state index in [0.29, 0.717) is 6.54 Å². The number of ether oxygens (including phenoxy) is 2. The molecule has 1 amide bonds. The number of hydrogen-bond donors (Lipinski definition) is 1. The van der Waals surface area contributed by atoms with Gasteiger partial charge in [0.1, 0.15) is 5.60 Å². The minimum absolute atomic E-state index is 0.0680. The smallest absolute Gasteiger partial charge is 0.407 e. The summed E-state index contributed by atoms with van der Waals surface area (Å²) in [6.07, 6.45) is 1.55. The Morgan fingerprint density at radius 1 is 1.38 bits per heavy atom. The monoisotopic (exact) mass is 300 g/mol. The van der Waals surface area contributed by atoms with Crippen LogP contribution in [0.15, 0.2) is 0 Å². The van der Waals surface area contributed by atoms with Crippen LogP contribution in [0.5, 0.6) is 0 Å². The van der Waals surface area contributed by atoms with Crippen LogP contribution in [0.1, 0.15) is 40.5 Å². The quantitative estimate of drug-likeness (QED) is 0.802. The summed E-state index contributed by atoms with van der Waals surface area (Å²) in [5.74, 6) is -0.354. The van der Waals surface area contributed by atoms with E-state index in [4.69, 9.17) is 9.47 Å². The number of nitrogens with one attached hydrogen (secondary N) is 1. The molecule has 21 heavy (non-hydrogen) atoms. The molecule has 0 aromatic heterocycles. The molecule has 122 valence electrons. The average molecular weight is 300 g/mol. The number of esters is 1. The number of methoxy groups -OCH3 is 1. The first kappa shape index (κ1) is 17.8. The van der Waals surface area contributed by atoms with Crippen LogP contribution in [-0.2, 0) is 14.3 Å².